The quantitative estimate of drug-likeness (QED) is 0.666. The summed E-state index contributed by atoms with van der Waals surface area (Å²) in [4.78, 5) is 0. The molecular weight excluding hydrogens is 353 g/mol. The molecule has 3 nitrogen and oxygen atoms in total. The molecule has 0 radical (unpaired) electrons. The molecule has 0 aliphatic rings. The number of ether oxygens (including phenoxy) is 1. The summed E-state index contributed by atoms with van der Waals surface area (Å²) in [7, 11) is 3.54. The van der Waals surface area contributed by atoms with Gasteiger partial charge in [-0.3, -0.25) is 0 Å². The molecule has 2 rings (SSSR count). The third-order valence-corrected chi connectivity index (χ3v) is 2.75. The molecule has 0 saturated carbocycles. The van der Waals surface area contributed by atoms with Crippen LogP contribution in [0.25, 0.3) is 12.2 Å². The number of hydrogen-bond donors (Lipinski definition) is 1. The van der Waals surface area contributed by atoms with Gasteiger partial charge >= 0.3 is 0 Å². The van der Waals surface area contributed by atoms with Crippen LogP contribution in [0.3, 0.4) is 0 Å². The molecule has 1 N–H and O–H groups in total. The molecule has 0 aliphatic carbocycles. The number of phenols is 1. The molecule has 0 bridgehead atoms. The largest absolute Gasteiger partial charge is 0.504 e. The lowest BCUT2D eigenvalue weighted by Gasteiger charge is -2.03. The Kier molecular flexibility index (Phi) is 5.82. The smallest absolute Gasteiger partial charge is 0.204 e. The van der Waals surface area contributed by atoms with Crippen LogP contribution >= 0.6 is 24.0 Å². The number of aromatic nitrogens is 1. The van der Waals surface area contributed by atoms with Gasteiger partial charge in [0.1, 0.15) is 7.05 Å². The van der Waals surface area contributed by atoms with Crippen molar-refractivity contribution < 1.29 is 14.4 Å². The normalized spacial score (nSPS) is 10.2. The maximum atomic E-state index is 9.51. The van der Waals surface area contributed by atoms with Gasteiger partial charge in [0.2, 0.25) is 5.69 Å². The van der Waals surface area contributed by atoms with Gasteiger partial charge in [-0.2, -0.15) is 0 Å². The lowest BCUT2D eigenvalue weighted by atomic mass is 10.1. The minimum Gasteiger partial charge on any atom is -0.504 e. The van der Waals surface area contributed by atoms with Gasteiger partial charge < -0.3 is 9.84 Å². The van der Waals surface area contributed by atoms with E-state index in [-0.39, 0.29) is 29.7 Å². The van der Waals surface area contributed by atoms with E-state index in [0.717, 1.165) is 11.3 Å². The third-order valence-electron chi connectivity index (χ3n) is 2.75. The fourth-order valence-electron chi connectivity index (χ4n) is 1.69. The fraction of sp³-hybridized carbons (Fsp3) is 0.133. The van der Waals surface area contributed by atoms with E-state index in [2.05, 4.69) is 0 Å². The van der Waals surface area contributed by atoms with E-state index in [1.165, 1.54) is 0 Å². The summed E-state index contributed by atoms with van der Waals surface area (Å²) in [6, 6.07) is 11.3. The number of rotatable bonds is 3. The third kappa shape index (κ3) is 3.96. The summed E-state index contributed by atoms with van der Waals surface area (Å²) < 4.78 is 7.11. The van der Waals surface area contributed by atoms with E-state index in [4.69, 9.17) is 4.74 Å². The number of halogens is 1. The van der Waals surface area contributed by atoms with Crippen LogP contribution in [0.1, 0.15) is 11.3 Å². The van der Waals surface area contributed by atoms with Crippen LogP contribution in [-0.4, -0.2) is 12.2 Å². The number of pyridine rings is 1. The Hall–Kier alpha value is -1.56. The van der Waals surface area contributed by atoms with Gasteiger partial charge in [-0.05, 0) is 29.8 Å². The monoisotopic (exact) mass is 370 g/mol. The topological polar surface area (TPSA) is 33.3 Å². The predicted octanol–water partition coefficient (Wildman–Crippen LogP) is 3.01. The number of benzene rings is 1. The van der Waals surface area contributed by atoms with E-state index >= 15 is 0 Å². The molecule has 100 valence electrons. The number of aromatic hydroxyl groups is 1. The van der Waals surface area contributed by atoms with E-state index in [1.807, 2.05) is 54.2 Å². The Morgan fingerprint density at radius 3 is 2.63 bits per heavy atom. The number of aryl methyl sites for hydroxylation is 1. The molecule has 2 aromatic rings. The van der Waals surface area contributed by atoms with Crippen molar-refractivity contribution in [2.75, 3.05) is 7.11 Å². The van der Waals surface area contributed by atoms with Crippen molar-refractivity contribution in [1.82, 2.24) is 0 Å². The maximum absolute atomic E-state index is 9.51. The van der Waals surface area contributed by atoms with Gasteiger partial charge in [0, 0.05) is 18.2 Å². The second-order valence-corrected chi connectivity index (χ2v) is 4.00. The van der Waals surface area contributed by atoms with Crippen LogP contribution in [0.4, 0.5) is 0 Å². The summed E-state index contributed by atoms with van der Waals surface area (Å²) in [5.41, 5.74) is 2.08. The van der Waals surface area contributed by atoms with Crippen molar-refractivity contribution in [2.24, 2.45) is 7.05 Å². The highest BCUT2D eigenvalue weighted by Crippen LogP contribution is 2.26. The van der Waals surface area contributed by atoms with Crippen molar-refractivity contribution in [2.45, 2.75) is 0 Å². The molecule has 4 heteroatoms. The number of methoxy groups -OCH3 is 1. The summed E-state index contributed by atoms with van der Waals surface area (Å²) in [5.74, 6) is 0.634. The number of hydrogen-bond acceptors (Lipinski definition) is 2. The van der Waals surface area contributed by atoms with E-state index in [9.17, 15) is 5.11 Å². The van der Waals surface area contributed by atoms with Gasteiger partial charge in [0.25, 0.3) is 0 Å². The predicted molar refractivity (Wildman–Crippen MR) is 86.6 cm³/mol. The number of phenolic OH excluding ortho intramolecular Hbond substituents is 1. The SMILES string of the molecule is COc1cc(C=Cc2cccc[n+]2C)ccc1O.I. The van der Waals surface area contributed by atoms with Crippen LogP contribution in [-0.2, 0) is 7.05 Å². The maximum Gasteiger partial charge on any atom is 0.204 e. The van der Waals surface area contributed by atoms with Crippen molar-refractivity contribution in [1.29, 1.82) is 0 Å². The molecule has 0 atom stereocenters. The molecule has 0 fully saturated rings. The Bertz CT molecular complexity index is 582. The first-order chi connectivity index (χ1) is 8.70. The zero-order chi connectivity index (χ0) is 13.0. The highest BCUT2D eigenvalue weighted by molar-refractivity contribution is 14.0. The van der Waals surface area contributed by atoms with E-state index in [0.29, 0.717) is 5.75 Å². The summed E-state index contributed by atoms with van der Waals surface area (Å²) in [5, 5.41) is 9.51. The lowest BCUT2D eigenvalue weighted by Crippen LogP contribution is -2.30. The Morgan fingerprint density at radius 2 is 1.95 bits per heavy atom. The first-order valence-corrected chi connectivity index (χ1v) is 5.70. The summed E-state index contributed by atoms with van der Waals surface area (Å²) in [6.07, 6.45) is 6.00. The Labute approximate surface area is 130 Å². The molecule has 0 spiro atoms. The average molecular weight is 370 g/mol. The molecule has 1 aromatic heterocycles. The standard InChI is InChI=1S/C15H15NO2.HI/c1-16-10-4-3-5-13(16)8-6-12-7-9-14(17)15(11-12)18-2;/h3-11H,1-2H3;1H/p+1. The van der Waals surface area contributed by atoms with E-state index in [1.54, 1.807) is 19.2 Å². The van der Waals surface area contributed by atoms with E-state index < -0.39 is 0 Å². The van der Waals surface area contributed by atoms with Crippen molar-refractivity contribution >= 4 is 36.1 Å². The lowest BCUT2D eigenvalue weighted by molar-refractivity contribution is -0.673. The highest BCUT2D eigenvalue weighted by atomic mass is 127. The van der Waals surface area contributed by atoms with Gasteiger partial charge in [0.15, 0.2) is 17.7 Å². The van der Waals surface area contributed by atoms with Crippen molar-refractivity contribution in [3.8, 4) is 11.5 Å². The van der Waals surface area contributed by atoms with Gasteiger partial charge in [-0.1, -0.05) is 6.07 Å². The molecule has 0 unspecified atom stereocenters. The van der Waals surface area contributed by atoms with Crippen LogP contribution in [0, 0.1) is 0 Å². The molecular formula is C15H17INO2+. The molecule has 0 amide bonds. The van der Waals surface area contributed by atoms with Gasteiger partial charge in [0.05, 0.1) is 7.11 Å². The van der Waals surface area contributed by atoms with Crippen molar-refractivity contribution in [3.05, 3.63) is 53.9 Å². The molecule has 1 aromatic carbocycles. The minimum absolute atomic E-state index is 0. The van der Waals surface area contributed by atoms with Crippen LogP contribution < -0.4 is 9.30 Å². The summed E-state index contributed by atoms with van der Waals surface area (Å²) >= 11 is 0. The zero-order valence-electron chi connectivity index (χ0n) is 10.9. The van der Waals surface area contributed by atoms with Crippen LogP contribution in [0.15, 0.2) is 42.6 Å². The van der Waals surface area contributed by atoms with Gasteiger partial charge in [-0.25, -0.2) is 4.57 Å². The molecule has 19 heavy (non-hydrogen) atoms. The molecule has 0 saturated heterocycles. The molecule has 1 heterocycles. The highest BCUT2D eigenvalue weighted by Gasteiger charge is 2.02. The average Bonchev–Trinajstić information content (AvgIpc) is 2.39. The molecule has 0 aliphatic heterocycles. The minimum atomic E-state index is 0. The second-order valence-electron chi connectivity index (χ2n) is 4.00. The zero-order valence-corrected chi connectivity index (χ0v) is 13.2. The van der Waals surface area contributed by atoms with Crippen molar-refractivity contribution in [3.63, 3.8) is 0 Å². The first kappa shape index (κ1) is 15.5. The second kappa shape index (κ2) is 7.13. The Morgan fingerprint density at radius 1 is 1.16 bits per heavy atom. The number of nitrogens with zero attached hydrogens (tertiary/aromatic N) is 1. The van der Waals surface area contributed by atoms with Gasteiger partial charge in [-0.15, -0.1) is 24.0 Å². The van der Waals surface area contributed by atoms with Crippen LogP contribution in [0.5, 0.6) is 11.5 Å². The Balaban J connectivity index is 0.00000180. The fourth-order valence-corrected chi connectivity index (χ4v) is 1.69. The first-order valence-electron chi connectivity index (χ1n) is 5.70. The summed E-state index contributed by atoms with van der Waals surface area (Å²) in [6.45, 7) is 0. The van der Waals surface area contributed by atoms with Crippen LogP contribution in [0.2, 0.25) is 0 Å².